The zero-order valence-electron chi connectivity index (χ0n) is 17.2. The van der Waals surface area contributed by atoms with Crippen LogP contribution in [0.1, 0.15) is 11.1 Å². The van der Waals surface area contributed by atoms with Crippen LogP contribution in [0.5, 0.6) is 17.4 Å². The molecular weight excluding hydrogens is 426 g/mol. The van der Waals surface area contributed by atoms with Gasteiger partial charge in [0.1, 0.15) is 0 Å². The average molecular weight is 443 g/mol. The van der Waals surface area contributed by atoms with Gasteiger partial charge in [-0.25, -0.2) is 0 Å². The van der Waals surface area contributed by atoms with E-state index in [1.807, 2.05) is 0 Å². The van der Waals surface area contributed by atoms with Crippen LogP contribution in [0.2, 0.25) is 0 Å². The van der Waals surface area contributed by atoms with Crippen molar-refractivity contribution in [2.24, 2.45) is 4.99 Å². The molecule has 0 radical (unpaired) electrons. The molecule has 9 heteroatoms. The molecule has 5 rings (SSSR count). The quantitative estimate of drug-likeness (QED) is 0.281. The molecule has 0 unspecified atom stereocenters. The van der Waals surface area contributed by atoms with Gasteiger partial charge in [-0.2, -0.15) is 0 Å². The minimum atomic E-state index is -0.503. The van der Waals surface area contributed by atoms with Crippen LogP contribution in [0.4, 0.5) is 11.4 Å². The van der Waals surface area contributed by atoms with Crippen molar-refractivity contribution in [2.75, 3.05) is 6.79 Å². The Morgan fingerprint density at radius 3 is 2.64 bits per heavy atom. The lowest BCUT2D eigenvalue weighted by molar-refractivity contribution is -0.384. The molecule has 0 atom stereocenters. The number of ether oxygens (including phenoxy) is 2. The second-order valence-corrected chi connectivity index (χ2v) is 7.40. The number of pyridine rings is 1. The lowest BCUT2D eigenvalue weighted by Crippen LogP contribution is -2.22. The summed E-state index contributed by atoms with van der Waals surface area (Å²) in [5, 5.41) is 23.0. The van der Waals surface area contributed by atoms with Crippen LogP contribution in [-0.2, 0) is 6.54 Å². The molecule has 1 N–H and O–H groups in total. The molecule has 3 aromatic carbocycles. The number of non-ortho nitro benzene ring substituents is 1. The van der Waals surface area contributed by atoms with Crippen LogP contribution in [0.15, 0.2) is 76.5 Å². The first-order chi connectivity index (χ1) is 16.0. The SMILES string of the molecule is O=c1c2ccccc2c(C=Nc2cccc([N+](=O)[O-])c2)c(O)n1Cc1ccc2c(c1)OCO2. The Balaban J connectivity index is 1.61. The summed E-state index contributed by atoms with van der Waals surface area (Å²) in [6, 6.07) is 18.1. The van der Waals surface area contributed by atoms with Gasteiger partial charge in [0.05, 0.1) is 22.7 Å². The molecule has 33 heavy (non-hydrogen) atoms. The summed E-state index contributed by atoms with van der Waals surface area (Å²) in [5.74, 6) is 0.942. The van der Waals surface area contributed by atoms with Gasteiger partial charge in [0.25, 0.3) is 11.2 Å². The van der Waals surface area contributed by atoms with E-state index >= 15 is 0 Å². The van der Waals surface area contributed by atoms with Gasteiger partial charge in [0.2, 0.25) is 12.7 Å². The van der Waals surface area contributed by atoms with Gasteiger partial charge in [-0.05, 0) is 29.8 Å². The molecule has 164 valence electrons. The maximum atomic E-state index is 13.2. The third-order valence-corrected chi connectivity index (χ3v) is 5.35. The fourth-order valence-electron chi connectivity index (χ4n) is 3.73. The fourth-order valence-corrected chi connectivity index (χ4v) is 3.73. The molecule has 0 amide bonds. The lowest BCUT2D eigenvalue weighted by atomic mass is 10.1. The number of benzene rings is 3. The summed E-state index contributed by atoms with van der Waals surface area (Å²) >= 11 is 0. The molecule has 0 saturated carbocycles. The van der Waals surface area contributed by atoms with Crippen LogP contribution >= 0.6 is 0 Å². The summed E-state index contributed by atoms with van der Waals surface area (Å²) in [5.41, 5.74) is 0.979. The number of aromatic hydroxyl groups is 1. The molecule has 0 saturated heterocycles. The van der Waals surface area contributed by atoms with Crippen molar-refractivity contribution >= 4 is 28.4 Å². The molecule has 4 aromatic rings. The normalized spacial score (nSPS) is 12.5. The molecular formula is C24H17N3O6. The second-order valence-electron chi connectivity index (χ2n) is 7.40. The number of fused-ring (bicyclic) bond motifs is 2. The van der Waals surface area contributed by atoms with Gasteiger partial charge >= 0.3 is 0 Å². The summed E-state index contributed by atoms with van der Waals surface area (Å²) in [4.78, 5) is 28.0. The van der Waals surface area contributed by atoms with E-state index in [1.165, 1.54) is 29.0 Å². The highest BCUT2D eigenvalue weighted by molar-refractivity contribution is 6.02. The largest absolute Gasteiger partial charge is 0.494 e. The van der Waals surface area contributed by atoms with Gasteiger partial charge in [0, 0.05) is 29.1 Å². The summed E-state index contributed by atoms with van der Waals surface area (Å²) < 4.78 is 12.0. The van der Waals surface area contributed by atoms with Gasteiger partial charge in [-0.3, -0.25) is 24.5 Å². The standard InChI is InChI=1S/C24H17N3O6/c28-23-19-7-2-1-6-18(19)20(12-25-16-4-3-5-17(11-16)27(30)31)24(29)26(23)13-15-8-9-21-22(10-15)33-14-32-21/h1-12,29H,13-14H2. The Labute approximate surface area is 186 Å². The molecule has 0 aliphatic carbocycles. The van der Waals surface area contributed by atoms with Gasteiger partial charge in [-0.1, -0.05) is 30.3 Å². The Morgan fingerprint density at radius 1 is 1.03 bits per heavy atom. The first-order valence-electron chi connectivity index (χ1n) is 10.0. The molecule has 0 bridgehead atoms. The number of rotatable bonds is 5. The Bertz CT molecular complexity index is 1490. The van der Waals surface area contributed by atoms with Crippen LogP contribution in [0.3, 0.4) is 0 Å². The highest BCUT2D eigenvalue weighted by Crippen LogP contribution is 2.33. The Hall–Kier alpha value is -4.66. The van der Waals surface area contributed by atoms with E-state index in [0.29, 0.717) is 33.5 Å². The van der Waals surface area contributed by atoms with Crippen LogP contribution in [0.25, 0.3) is 10.8 Å². The summed E-state index contributed by atoms with van der Waals surface area (Å²) in [6.45, 7) is 0.238. The number of nitro benzene ring substituents is 1. The van der Waals surface area contributed by atoms with E-state index in [4.69, 9.17) is 9.47 Å². The van der Waals surface area contributed by atoms with Crippen LogP contribution < -0.4 is 15.0 Å². The summed E-state index contributed by atoms with van der Waals surface area (Å²) in [7, 11) is 0. The molecule has 1 aliphatic heterocycles. The van der Waals surface area contributed by atoms with Crippen LogP contribution in [0, 0.1) is 10.1 Å². The third kappa shape index (κ3) is 3.76. The minimum Gasteiger partial charge on any atom is -0.494 e. The average Bonchev–Trinajstić information content (AvgIpc) is 3.30. The van der Waals surface area contributed by atoms with Crippen molar-refractivity contribution in [1.29, 1.82) is 0 Å². The van der Waals surface area contributed by atoms with Crippen molar-refractivity contribution in [1.82, 2.24) is 4.57 Å². The van der Waals surface area contributed by atoms with Crippen molar-refractivity contribution in [2.45, 2.75) is 6.54 Å². The molecule has 0 fully saturated rings. The smallest absolute Gasteiger partial charge is 0.271 e. The van der Waals surface area contributed by atoms with E-state index < -0.39 is 4.92 Å². The zero-order chi connectivity index (χ0) is 22.9. The van der Waals surface area contributed by atoms with E-state index in [-0.39, 0.29) is 30.5 Å². The lowest BCUT2D eigenvalue weighted by Gasteiger charge is -2.14. The third-order valence-electron chi connectivity index (χ3n) is 5.35. The van der Waals surface area contributed by atoms with Crippen molar-refractivity contribution in [3.8, 4) is 17.4 Å². The van der Waals surface area contributed by atoms with E-state index in [1.54, 1.807) is 48.5 Å². The topological polar surface area (TPSA) is 116 Å². The van der Waals surface area contributed by atoms with Gasteiger partial charge in [-0.15, -0.1) is 0 Å². The summed E-state index contributed by atoms with van der Waals surface area (Å²) in [6.07, 6.45) is 1.41. The van der Waals surface area contributed by atoms with Crippen molar-refractivity contribution < 1.29 is 19.5 Å². The number of aromatic nitrogens is 1. The number of hydrogen-bond donors (Lipinski definition) is 1. The van der Waals surface area contributed by atoms with Crippen molar-refractivity contribution in [3.63, 3.8) is 0 Å². The predicted molar refractivity (Wildman–Crippen MR) is 122 cm³/mol. The van der Waals surface area contributed by atoms with Crippen LogP contribution in [-0.4, -0.2) is 27.6 Å². The molecule has 0 spiro atoms. The number of nitrogens with zero attached hydrogens (tertiary/aromatic N) is 3. The minimum absolute atomic E-state index is 0.0912. The van der Waals surface area contributed by atoms with E-state index in [0.717, 1.165) is 5.56 Å². The Kier molecular flexibility index (Phi) is 4.98. The molecule has 2 heterocycles. The fraction of sp³-hybridized carbons (Fsp3) is 0.0833. The highest BCUT2D eigenvalue weighted by atomic mass is 16.7. The van der Waals surface area contributed by atoms with Gasteiger partial charge in [0.15, 0.2) is 11.5 Å². The highest BCUT2D eigenvalue weighted by Gasteiger charge is 2.18. The molecule has 1 aromatic heterocycles. The van der Waals surface area contributed by atoms with Gasteiger partial charge < -0.3 is 14.6 Å². The monoisotopic (exact) mass is 443 g/mol. The predicted octanol–water partition coefficient (Wildman–Crippen LogP) is 4.14. The first-order valence-corrected chi connectivity index (χ1v) is 10.0. The molecule has 1 aliphatic rings. The zero-order valence-corrected chi connectivity index (χ0v) is 17.2. The molecule has 9 nitrogen and oxygen atoms in total. The van der Waals surface area contributed by atoms with E-state index in [9.17, 15) is 20.0 Å². The Morgan fingerprint density at radius 2 is 1.82 bits per heavy atom. The number of aliphatic imine (C=N–C) groups is 1. The maximum absolute atomic E-state index is 13.2. The number of nitro groups is 1. The maximum Gasteiger partial charge on any atom is 0.271 e. The van der Waals surface area contributed by atoms with E-state index in [2.05, 4.69) is 4.99 Å². The number of hydrogen-bond acceptors (Lipinski definition) is 7. The first kappa shape index (κ1) is 20.3. The second kappa shape index (κ2) is 8.12. The van der Waals surface area contributed by atoms with Crippen molar-refractivity contribution in [3.05, 3.63) is 98.3 Å².